The van der Waals surface area contributed by atoms with E-state index in [1.807, 2.05) is 0 Å². The molecule has 0 fully saturated rings. The Morgan fingerprint density at radius 3 is 0.844 bits per heavy atom. The van der Waals surface area contributed by atoms with Crippen molar-refractivity contribution in [2.75, 3.05) is 13.2 Å². The molecule has 0 aliphatic carbocycles. The molecule has 0 aromatic rings. The van der Waals surface area contributed by atoms with Crippen LogP contribution >= 0.6 is 0 Å². The molecule has 0 radical (unpaired) electrons. The van der Waals surface area contributed by atoms with Gasteiger partial charge in [-0.15, -0.1) is 0 Å². The number of ether oxygens (including phenoxy) is 3. The van der Waals surface area contributed by atoms with Gasteiger partial charge in [0.05, 0.1) is 0 Å². The number of hydrogen-bond acceptors (Lipinski definition) is 6. The predicted molar refractivity (Wildman–Crippen MR) is 334 cm³/mol. The van der Waals surface area contributed by atoms with Crippen LogP contribution in [0.1, 0.15) is 303 Å². The van der Waals surface area contributed by atoms with Crippen molar-refractivity contribution in [2.24, 2.45) is 0 Å². The third-order valence-electron chi connectivity index (χ3n) is 13.7. The van der Waals surface area contributed by atoms with E-state index in [9.17, 15) is 14.4 Å². The summed E-state index contributed by atoms with van der Waals surface area (Å²) in [7, 11) is 0. The molecule has 77 heavy (non-hydrogen) atoms. The standard InChI is InChI=1S/C71H120O6/c1-4-7-10-13-16-19-22-25-27-29-31-32-33-34-35-36-37-38-40-41-43-46-49-52-55-58-61-64-70(73)76-67-68(66-75-69(72)63-60-57-54-51-48-45-24-21-18-15-12-9-6-3)77-71(74)65-62-59-56-53-50-47-44-42-39-30-28-26-23-20-17-14-11-8-5-2/h7,10,12,15-17,19-21,24-28,31-32,34-35,68H,4-6,8-9,11,13-14,18,22-23,29-30,33,36-67H2,1-3H3/b10-7-,15-12-,19-16-,20-17-,24-21-,27-25-,28-26-,32-31-,35-34-. The maximum atomic E-state index is 12.9. The summed E-state index contributed by atoms with van der Waals surface area (Å²) in [5.74, 6) is -0.900. The summed E-state index contributed by atoms with van der Waals surface area (Å²) in [5, 5.41) is 0. The van der Waals surface area contributed by atoms with Crippen molar-refractivity contribution in [3.8, 4) is 0 Å². The van der Waals surface area contributed by atoms with Crippen molar-refractivity contribution < 1.29 is 28.6 Å². The Labute approximate surface area is 476 Å². The third-order valence-corrected chi connectivity index (χ3v) is 13.7. The van der Waals surface area contributed by atoms with Crippen LogP contribution in [0.2, 0.25) is 0 Å². The molecule has 0 amide bonds. The highest BCUT2D eigenvalue weighted by Crippen LogP contribution is 2.16. The van der Waals surface area contributed by atoms with Gasteiger partial charge < -0.3 is 14.2 Å². The molecule has 0 aromatic heterocycles. The fourth-order valence-electron chi connectivity index (χ4n) is 8.89. The first-order chi connectivity index (χ1) is 38.0. The lowest BCUT2D eigenvalue weighted by atomic mass is 10.0. The van der Waals surface area contributed by atoms with Crippen LogP contribution < -0.4 is 0 Å². The molecule has 6 nitrogen and oxygen atoms in total. The Balaban J connectivity index is 4.31. The molecule has 0 aliphatic rings. The van der Waals surface area contributed by atoms with E-state index in [4.69, 9.17) is 14.2 Å². The first-order valence-electron chi connectivity index (χ1n) is 32.4. The van der Waals surface area contributed by atoms with E-state index >= 15 is 0 Å². The highest BCUT2D eigenvalue weighted by atomic mass is 16.6. The molecule has 1 atom stereocenters. The van der Waals surface area contributed by atoms with Gasteiger partial charge in [-0.3, -0.25) is 14.4 Å². The molecular formula is C71H120O6. The van der Waals surface area contributed by atoms with Crippen LogP contribution in [0.25, 0.3) is 0 Å². The third kappa shape index (κ3) is 62.8. The molecule has 0 N–H and O–H groups in total. The maximum absolute atomic E-state index is 12.9. The number of esters is 3. The maximum Gasteiger partial charge on any atom is 0.306 e. The van der Waals surface area contributed by atoms with Gasteiger partial charge in [-0.1, -0.05) is 271 Å². The second-order valence-corrected chi connectivity index (χ2v) is 21.3. The van der Waals surface area contributed by atoms with E-state index in [0.717, 1.165) is 128 Å². The first-order valence-corrected chi connectivity index (χ1v) is 32.4. The number of carbonyl (C=O) groups excluding carboxylic acids is 3. The summed E-state index contributed by atoms with van der Waals surface area (Å²) in [4.78, 5) is 38.3. The van der Waals surface area contributed by atoms with Crippen LogP contribution in [0, 0.1) is 0 Å². The van der Waals surface area contributed by atoms with Gasteiger partial charge in [-0.25, -0.2) is 0 Å². The Bertz CT molecular complexity index is 1560. The second kappa shape index (κ2) is 64.6. The SMILES string of the molecule is CC/C=C\C/C=C\C/C=C\C/C=C\C/C=C\CCCCCCCCCCCCCC(=O)OCC(COC(=O)CCCCCCC/C=C\C/C=C\CCC)OC(=O)CCCCCCCCCCC/C=C\C/C=C\CCCCC. The van der Waals surface area contributed by atoms with Gasteiger partial charge in [0.1, 0.15) is 13.2 Å². The molecule has 0 rings (SSSR count). The molecule has 440 valence electrons. The van der Waals surface area contributed by atoms with Gasteiger partial charge in [0.2, 0.25) is 0 Å². The summed E-state index contributed by atoms with van der Waals surface area (Å²) in [6.07, 6.45) is 88.1. The Kier molecular flexibility index (Phi) is 61.3. The van der Waals surface area contributed by atoms with Crippen molar-refractivity contribution >= 4 is 17.9 Å². The smallest absolute Gasteiger partial charge is 0.306 e. The van der Waals surface area contributed by atoms with Crippen LogP contribution in [0.15, 0.2) is 109 Å². The monoisotopic (exact) mass is 1070 g/mol. The van der Waals surface area contributed by atoms with Crippen molar-refractivity contribution in [1.29, 1.82) is 0 Å². The second-order valence-electron chi connectivity index (χ2n) is 21.3. The zero-order valence-corrected chi connectivity index (χ0v) is 50.4. The lowest BCUT2D eigenvalue weighted by Crippen LogP contribution is -2.30. The normalized spacial score (nSPS) is 12.8. The van der Waals surface area contributed by atoms with E-state index in [-0.39, 0.29) is 31.1 Å². The van der Waals surface area contributed by atoms with E-state index in [0.29, 0.717) is 19.3 Å². The molecule has 0 heterocycles. The van der Waals surface area contributed by atoms with Crippen molar-refractivity contribution in [1.82, 2.24) is 0 Å². The minimum atomic E-state index is -0.790. The lowest BCUT2D eigenvalue weighted by Gasteiger charge is -2.18. The van der Waals surface area contributed by atoms with Crippen LogP contribution in [0.4, 0.5) is 0 Å². The summed E-state index contributed by atoms with van der Waals surface area (Å²) in [5.41, 5.74) is 0. The molecule has 0 aromatic carbocycles. The van der Waals surface area contributed by atoms with Crippen LogP contribution in [-0.4, -0.2) is 37.2 Å². The Morgan fingerprint density at radius 2 is 0.532 bits per heavy atom. The molecular weight excluding hydrogens is 949 g/mol. The topological polar surface area (TPSA) is 78.9 Å². The van der Waals surface area contributed by atoms with Gasteiger partial charge in [0.15, 0.2) is 6.10 Å². The summed E-state index contributed by atoms with van der Waals surface area (Å²) in [6.45, 7) is 6.44. The van der Waals surface area contributed by atoms with Gasteiger partial charge in [0, 0.05) is 19.3 Å². The molecule has 0 spiro atoms. The molecule has 6 heteroatoms. The van der Waals surface area contributed by atoms with E-state index in [1.54, 1.807) is 0 Å². The minimum absolute atomic E-state index is 0.0858. The van der Waals surface area contributed by atoms with Crippen LogP contribution in [-0.2, 0) is 28.6 Å². The molecule has 0 bridgehead atoms. The van der Waals surface area contributed by atoms with Crippen molar-refractivity contribution in [3.63, 3.8) is 0 Å². The van der Waals surface area contributed by atoms with E-state index in [1.165, 1.54) is 135 Å². The van der Waals surface area contributed by atoms with Gasteiger partial charge >= 0.3 is 17.9 Å². The average Bonchev–Trinajstić information content (AvgIpc) is 3.43. The summed E-state index contributed by atoms with van der Waals surface area (Å²) in [6, 6.07) is 0. The molecule has 0 saturated heterocycles. The van der Waals surface area contributed by atoms with Gasteiger partial charge in [-0.05, 0) is 122 Å². The molecule has 0 aliphatic heterocycles. The Morgan fingerprint density at radius 1 is 0.273 bits per heavy atom. The molecule has 0 saturated carbocycles. The predicted octanol–water partition coefficient (Wildman–Crippen LogP) is 22.2. The van der Waals surface area contributed by atoms with E-state index < -0.39 is 6.10 Å². The Hall–Kier alpha value is -3.93. The minimum Gasteiger partial charge on any atom is -0.462 e. The number of unbranched alkanes of at least 4 members (excludes halogenated alkanes) is 29. The summed E-state index contributed by atoms with van der Waals surface area (Å²) < 4.78 is 16.9. The van der Waals surface area contributed by atoms with Crippen LogP contribution in [0.3, 0.4) is 0 Å². The largest absolute Gasteiger partial charge is 0.462 e. The number of allylic oxidation sites excluding steroid dienone is 18. The number of rotatable bonds is 58. The van der Waals surface area contributed by atoms with Gasteiger partial charge in [-0.2, -0.15) is 0 Å². The fraction of sp³-hybridized carbons (Fsp3) is 0.704. The highest BCUT2D eigenvalue weighted by molar-refractivity contribution is 5.71. The zero-order valence-electron chi connectivity index (χ0n) is 50.4. The van der Waals surface area contributed by atoms with Crippen molar-refractivity contribution in [3.05, 3.63) is 109 Å². The number of hydrogen-bond donors (Lipinski definition) is 0. The summed E-state index contributed by atoms with van der Waals surface area (Å²) >= 11 is 0. The van der Waals surface area contributed by atoms with Crippen LogP contribution in [0.5, 0.6) is 0 Å². The quantitative estimate of drug-likeness (QED) is 0.0261. The van der Waals surface area contributed by atoms with E-state index in [2.05, 4.69) is 130 Å². The lowest BCUT2D eigenvalue weighted by molar-refractivity contribution is -0.167. The van der Waals surface area contributed by atoms with Gasteiger partial charge in [0.25, 0.3) is 0 Å². The molecule has 1 unspecified atom stereocenters. The average molecular weight is 1070 g/mol. The fourth-order valence-corrected chi connectivity index (χ4v) is 8.89. The highest BCUT2D eigenvalue weighted by Gasteiger charge is 2.19. The number of carbonyl (C=O) groups is 3. The van der Waals surface area contributed by atoms with Crippen molar-refractivity contribution in [2.45, 2.75) is 309 Å². The zero-order chi connectivity index (χ0) is 55.7. The first kappa shape index (κ1) is 73.1.